The van der Waals surface area contributed by atoms with E-state index in [1.54, 1.807) is 0 Å². The molecular weight excluding hydrogens is 157 g/mol. The molecule has 0 saturated heterocycles. The molecule has 1 unspecified atom stereocenters. The van der Waals surface area contributed by atoms with Crippen LogP contribution in [0.4, 0.5) is 0 Å². The molecule has 0 aromatic rings. The Hall–Kier alpha value is 1.09. The van der Waals surface area contributed by atoms with Crippen molar-refractivity contribution >= 4 is 33.3 Å². The maximum Gasteiger partial charge on any atom is 0.577 e. The monoisotopic (exact) mass is 159 g/mol. The van der Waals surface area contributed by atoms with Crippen LogP contribution < -0.4 is 0 Å². The quantitative estimate of drug-likeness (QED) is 0.272. The van der Waals surface area contributed by atoms with Crippen molar-refractivity contribution in [2.45, 2.75) is 0 Å². The van der Waals surface area contributed by atoms with E-state index in [2.05, 4.69) is 8.25 Å². The first kappa shape index (κ1) is 8.09. The van der Waals surface area contributed by atoms with Gasteiger partial charge in [-0.3, -0.25) is 0 Å². The van der Waals surface area contributed by atoms with Crippen LogP contribution in [0.1, 0.15) is 0 Å². The summed E-state index contributed by atoms with van der Waals surface area (Å²) in [5.41, 5.74) is 0. The van der Waals surface area contributed by atoms with Crippen LogP contribution in [0, 0.1) is 0 Å². The molecule has 7 heteroatoms. The Morgan fingerprint density at radius 2 is 2.29 bits per heavy atom. The predicted molar refractivity (Wildman–Crippen MR) is 25.5 cm³/mol. The Kier molecular flexibility index (Phi) is 6.05. The largest absolute Gasteiger partial charge is 0.577 e. The third-order valence-electron chi connectivity index (χ3n) is 0.200. The van der Waals surface area contributed by atoms with Crippen molar-refractivity contribution in [2.75, 3.05) is 0 Å². The Morgan fingerprint density at radius 1 is 1.71 bits per heavy atom. The Balaban J connectivity index is 2.83. The van der Waals surface area contributed by atoms with Gasteiger partial charge in [-0.05, 0) is 0 Å². The SMILES string of the molecule is OOP(O)[O][Al][Cl]. The van der Waals surface area contributed by atoms with E-state index >= 15 is 0 Å². The first-order chi connectivity index (χ1) is 3.31. The van der Waals surface area contributed by atoms with Crippen LogP contribution in [0.5, 0.6) is 0 Å². The molecular formula is H2AlClO4P. The zero-order valence-corrected chi connectivity index (χ0v) is 5.92. The van der Waals surface area contributed by atoms with Gasteiger partial charge in [-0.15, -0.1) is 0 Å². The van der Waals surface area contributed by atoms with Gasteiger partial charge >= 0.3 is 23.2 Å². The highest BCUT2D eigenvalue weighted by Gasteiger charge is 2.02. The Labute approximate surface area is 52.2 Å². The first-order valence-corrected chi connectivity index (χ1v) is 4.55. The van der Waals surface area contributed by atoms with Crippen LogP contribution in [0.2, 0.25) is 0 Å². The molecule has 0 aliphatic carbocycles. The topological polar surface area (TPSA) is 58.9 Å². The highest BCUT2D eigenvalue weighted by Crippen LogP contribution is 2.29. The lowest BCUT2D eigenvalue weighted by molar-refractivity contribution is -0.144. The molecule has 41 valence electrons. The van der Waals surface area contributed by atoms with Crippen molar-refractivity contribution in [1.29, 1.82) is 0 Å². The Bertz CT molecular complexity index is 42.7. The van der Waals surface area contributed by atoms with E-state index in [0.29, 0.717) is 0 Å². The fourth-order valence-corrected chi connectivity index (χ4v) is 1.09. The second-order valence-electron chi connectivity index (χ2n) is 0.514. The number of hydrogen-bond donors (Lipinski definition) is 2. The average molecular weight is 159 g/mol. The van der Waals surface area contributed by atoms with Gasteiger partial charge in [0.05, 0.1) is 0 Å². The molecule has 1 radical (unpaired) electrons. The van der Waals surface area contributed by atoms with Crippen LogP contribution in [-0.4, -0.2) is 24.8 Å². The van der Waals surface area contributed by atoms with E-state index in [9.17, 15) is 0 Å². The van der Waals surface area contributed by atoms with Crippen molar-refractivity contribution in [1.82, 2.24) is 0 Å². The summed E-state index contributed by atoms with van der Waals surface area (Å²) < 4.78 is 7.51. The molecule has 0 saturated carbocycles. The standard InChI is InChI=1S/Al.ClH.H2O4P/c;;1-4-5(2)3/h;1H;1-2H/q+2;;-1/p-1. The number of halogens is 1. The summed E-state index contributed by atoms with van der Waals surface area (Å²) in [5.74, 6) is 0. The van der Waals surface area contributed by atoms with Crippen LogP contribution in [0.25, 0.3) is 0 Å². The molecule has 2 N–H and O–H groups in total. The summed E-state index contributed by atoms with van der Waals surface area (Å²) in [5, 5.41) is 7.57. The van der Waals surface area contributed by atoms with Crippen molar-refractivity contribution in [3.05, 3.63) is 0 Å². The van der Waals surface area contributed by atoms with E-state index in [4.69, 9.17) is 20.2 Å². The molecule has 0 aliphatic rings. The van der Waals surface area contributed by atoms with Crippen molar-refractivity contribution < 1.29 is 18.4 Å². The maximum atomic E-state index is 8.16. The highest BCUT2D eigenvalue weighted by atomic mass is 35.6. The van der Waals surface area contributed by atoms with Crippen molar-refractivity contribution in [2.24, 2.45) is 0 Å². The zero-order chi connectivity index (χ0) is 5.70. The van der Waals surface area contributed by atoms with E-state index in [-0.39, 0.29) is 0 Å². The molecule has 0 rings (SSSR count). The number of hydrogen-bond acceptors (Lipinski definition) is 4. The fourth-order valence-electron chi connectivity index (χ4n) is 0.0533. The van der Waals surface area contributed by atoms with Gasteiger partial charge in [0, 0.05) is 0 Å². The molecule has 0 amide bonds. The summed E-state index contributed by atoms with van der Waals surface area (Å²) in [6.45, 7) is 0. The van der Waals surface area contributed by atoms with Gasteiger partial charge in [-0.2, -0.15) is 4.67 Å². The maximum absolute atomic E-state index is 8.16. The van der Waals surface area contributed by atoms with Gasteiger partial charge in [0.25, 0.3) is 0 Å². The molecule has 4 nitrogen and oxygen atoms in total. The molecule has 0 bridgehead atoms. The third kappa shape index (κ3) is 4.96. The van der Waals surface area contributed by atoms with Crippen LogP contribution in [0.3, 0.4) is 0 Å². The minimum Gasteiger partial charge on any atom is -0.428 e. The molecule has 0 spiro atoms. The summed E-state index contributed by atoms with van der Waals surface area (Å²) in [4.78, 5) is 8.16. The van der Waals surface area contributed by atoms with E-state index < -0.39 is 23.2 Å². The minimum atomic E-state index is -2.12. The summed E-state index contributed by atoms with van der Waals surface area (Å²) in [6, 6.07) is 0. The molecule has 0 fully saturated rings. The lowest BCUT2D eigenvalue weighted by Gasteiger charge is -1.99. The van der Waals surface area contributed by atoms with Gasteiger partial charge in [0.1, 0.15) is 0 Å². The molecule has 0 aromatic heterocycles. The molecule has 0 heterocycles. The smallest absolute Gasteiger partial charge is 0.428 e. The zero-order valence-electron chi connectivity index (χ0n) is 3.11. The van der Waals surface area contributed by atoms with Gasteiger partial charge in [0.15, 0.2) is 0 Å². The lowest BCUT2D eigenvalue weighted by atomic mass is 15.0. The Morgan fingerprint density at radius 3 is 2.43 bits per heavy atom. The van der Waals surface area contributed by atoms with Crippen LogP contribution >= 0.6 is 18.7 Å². The second-order valence-corrected chi connectivity index (χ2v) is 2.71. The van der Waals surface area contributed by atoms with Gasteiger partial charge < -0.3 is 8.47 Å². The lowest BCUT2D eigenvalue weighted by Crippen LogP contribution is -1.85. The number of rotatable bonds is 3. The normalized spacial score (nSPS) is 13.6. The van der Waals surface area contributed by atoms with E-state index in [1.165, 1.54) is 0 Å². The molecule has 0 aliphatic heterocycles. The first-order valence-electron chi connectivity index (χ1n) is 1.20. The van der Waals surface area contributed by atoms with E-state index in [1.807, 2.05) is 0 Å². The molecule has 1 atom stereocenters. The fraction of sp³-hybridized carbons (Fsp3) is 0. The van der Waals surface area contributed by atoms with Crippen molar-refractivity contribution in [3.63, 3.8) is 0 Å². The van der Waals surface area contributed by atoms with E-state index in [0.717, 1.165) is 0 Å². The predicted octanol–water partition coefficient (Wildman–Crippen LogP) is 0.485. The van der Waals surface area contributed by atoms with Gasteiger partial charge in [-0.1, -0.05) is 0 Å². The highest BCUT2D eigenvalue weighted by molar-refractivity contribution is 7.42. The summed E-state index contributed by atoms with van der Waals surface area (Å²) >= 11 is -0.784. The van der Waals surface area contributed by atoms with Crippen LogP contribution in [0.15, 0.2) is 0 Å². The average Bonchev–Trinajstić information content (AvgIpc) is 1.68. The van der Waals surface area contributed by atoms with Crippen LogP contribution in [-0.2, 0) is 8.25 Å². The molecule has 0 aromatic carbocycles. The summed E-state index contributed by atoms with van der Waals surface area (Å²) in [7, 11) is 2.88. The van der Waals surface area contributed by atoms with Gasteiger partial charge in [-0.25, -0.2) is 15.3 Å². The van der Waals surface area contributed by atoms with Crippen molar-refractivity contribution in [3.8, 4) is 0 Å². The third-order valence-corrected chi connectivity index (χ3v) is 2.10. The van der Waals surface area contributed by atoms with Gasteiger partial charge in [0.2, 0.25) is 0 Å². The summed E-state index contributed by atoms with van der Waals surface area (Å²) in [6.07, 6.45) is 0. The molecule has 7 heavy (non-hydrogen) atoms. The second kappa shape index (κ2) is 5.23. The minimum absolute atomic E-state index is 0.784.